The van der Waals surface area contributed by atoms with Crippen molar-refractivity contribution >= 4 is 35.8 Å². The van der Waals surface area contributed by atoms with Crippen LogP contribution in [0.3, 0.4) is 0 Å². The fourth-order valence-electron chi connectivity index (χ4n) is 3.79. The number of methoxy groups -OCH3 is 1. The number of benzene rings is 1. The Hall–Kier alpha value is -2.07. The van der Waals surface area contributed by atoms with E-state index < -0.39 is 0 Å². The van der Waals surface area contributed by atoms with E-state index in [2.05, 4.69) is 70.6 Å². The number of anilines is 1. The number of likely N-dealkylation sites (N-methyl/N-ethyl adjacent to an activating group) is 1. The molecular formula is C25H39IN6O. The Labute approximate surface area is 216 Å². The third-order valence-corrected chi connectivity index (χ3v) is 5.96. The third-order valence-electron chi connectivity index (χ3n) is 5.96. The number of nitrogens with one attached hydrogen (secondary N) is 2. The van der Waals surface area contributed by atoms with Gasteiger partial charge in [-0.25, -0.2) is 9.98 Å². The minimum atomic E-state index is 0. The minimum absolute atomic E-state index is 0. The van der Waals surface area contributed by atoms with Crippen molar-refractivity contribution in [3.63, 3.8) is 0 Å². The fraction of sp³-hybridized carbons (Fsp3) is 0.520. The van der Waals surface area contributed by atoms with Crippen LogP contribution in [-0.4, -0.2) is 69.3 Å². The second kappa shape index (κ2) is 14.2. The van der Waals surface area contributed by atoms with Gasteiger partial charge < -0.3 is 25.2 Å². The molecular weight excluding hydrogens is 527 g/mol. The molecule has 1 saturated heterocycles. The zero-order chi connectivity index (χ0) is 22.8. The maximum Gasteiger partial charge on any atom is 0.191 e. The van der Waals surface area contributed by atoms with Crippen molar-refractivity contribution in [2.24, 2.45) is 4.99 Å². The van der Waals surface area contributed by atoms with E-state index in [9.17, 15) is 0 Å². The monoisotopic (exact) mass is 566 g/mol. The number of hydrogen-bond donors (Lipinski definition) is 2. The van der Waals surface area contributed by atoms with E-state index in [1.54, 1.807) is 7.11 Å². The number of aromatic nitrogens is 1. The van der Waals surface area contributed by atoms with Crippen LogP contribution in [0.2, 0.25) is 0 Å². The van der Waals surface area contributed by atoms with Crippen molar-refractivity contribution in [1.82, 2.24) is 20.5 Å². The van der Waals surface area contributed by atoms with Gasteiger partial charge in [-0.3, -0.25) is 0 Å². The molecule has 3 rings (SSSR count). The van der Waals surface area contributed by atoms with Gasteiger partial charge >= 0.3 is 0 Å². The van der Waals surface area contributed by atoms with E-state index in [-0.39, 0.29) is 24.0 Å². The normalized spacial score (nSPS) is 15.5. The zero-order valence-electron chi connectivity index (χ0n) is 20.4. The highest BCUT2D eigenvalue weighted by atomic mass is 127. The summed E-state index contributed by atoms with van der Waals surface area (Å²) in [4.78, 5) is 14.1. The Bertz CT molecular complexity index is 852. The van der Waals surface area contributed by atoms with E-state index in [0.717, 1.165) is 63.2 Å². The molecule has 8 heteroatoms. The van der Waals surface area contributed by atoms with Crippen LogP contribution in [0, 0.1) is 0 Å². The van der Waals surface area contributed by atoms with Gasteiger partial charge in [0.25, 0.3) is 0 Å². The highest BCUT2D eigenvalue weighted by Gasteiger charge is 2.15. The molecule has 0 saturated carbocycles. The van der Waals surface area contributed by atoms with E-state index in [0.29, 0.717) is 12.5 Å². The molecule has 2 aromatic rings. The average Bonchev–Trinajstić information content (AvgIpc) is 2.83. The second-order valence-electron chi connectivity index (χ2n) is 8.40. The molecule has 33 heavy (non-hydrogen) atoms. The SMILES string of the molecule is CCNC(=NCc1ccnc(N2CCN(C)CC2)c1)NCCC(C)c1ccc(OC)cc1.I. The topological polar surface area (TPSA) is 65.0 Å². The molecule has 0 radical (unpaired) electrons. The molecule has 1 aliphatic rings. The number of ether oxygens (including phenoxy) is 1. The molecule has 1 unspecified atom stereocenters. The number of aliphatic imine (C=N–C) groups is 1. The molecule has 0 amide bonds. The molecule has 1 aliphatic heterocycles. The van der Waals surface area contributed by atoms with E-state index >= 15 is 0 Å². The first kappa shape index (κ1) is 27.2. The maximum absolute atomic E-state index is 5.25. The lowest BCUT2D eigenvalue weighted by atomic mass is 9.98. The van der Waals surface area contributed by atoms with Gasteiger partial charge in [-0.05, 0) is 61.7 Å². The summed E-state index contributed by atoms with van der Waals surface area (Å²) >= 11 is 0. The molecule has 2 N–H and O–H groups in total. The first-order valence-corrected chi connectivity index (χ1v) is 11.6. The lowest BCUT2D eigenvalue weighted by Crippen LogP contribution is -2.44. The summed E-state index contributed by atoms with van der Waals surface area (Å²) in [5.41, 5.74) is 2.50. The number of piperazine rings is 1. The highest BCUT2D eigenvalue weighted by Crippen LogP contribution is 2.21. The third kappa shape index (κ3) is 8.66. The quantitative estimate of drug-likeness (QED) is 0.274. The predicted octanol–water partition coefficient (Wildman–Crippen LogP) is 3.71. The van der Waals surface area contributed by atoms with E-state index in [1.165, 1.54) is 11.1 Å². The molecule has 182 valence electrons. The number of halogens is 1. The smallest absolute Gasteiger partial charge is 0.191 e. The van der Waals surface area contributed by atoms with Crippen molar-refractivity contribution in [2.75, 3.05) is 58.3 Å². The minimum Gasteiger partial charge on any atom is -0.497 e. The summed E-state index contributed by atoms with van der Waals surface area (Å²) in [6, 6.07) is 12.6. The summed E-state index contributed by atoms with van der Waals surface area (Å²) in [6.07, 6.45) is 2.93. The first-order chi connectivity index (χ1) is 15.6. The van der Waals surface area contributed by atoms with Crippen LogP contribution >= 0.6 is 24.0 Å². The molecule has 1 atom stereocenters. The number of hydrogen-bond acceptors (Lipinski definition) is 5. The number of rotatable bonds is 9. The summed E-state index contributed by atoms with van der Waals surface area (Å²) in [5.74, 6) is 3.26. The molecule has 0 bridgehead atoms. The van der Waals surface area contributed by atoms with Crippen LogP contribution in [0.5, 0.6) is 5.75 Å². The Balaban J connectivity index is 0.00000385. The van der Waals surface area contributed by atoms with E-state index in [1.807, 2.05) is 18.3 Å². The zero-order valence-corrected chi connectivity index (χ0v) is 22.7. The molecule has 1 aromatic carbocycles. The lowest BCUT2D eigenvalue weighted by Gasteiger charge is -2.33. The summed E-state index contributed by atoms with van der Waals surface area (Å²) in [5, 5.41) is 6.83. The first-order valence-electron chi connectivity index (χ1n) is 11.6. The van der Waals surface area contributed by atoms with Gasteiger partial charge in [-0.1, -0.05) is 19.1 Å². The lowest BCUT2D eigenvalue weighted by molar-refractivity contribution is 0.312. The number of guanidine groups is 1. The van der Waals surface area contributed by atoms with Gasteiger partial charge in [0.15, 0.2) is 5.96 Å². The molecule has 1 aromatic heterocycles. The molecule has 7 nitrogen and oxygen atoms in total. The van der Waals surface area contributed by atoms with Gasteiger partial charge in [0.2, 0.25) is 0 Å². The van der Waals surface area contributed by atoms with Crippen LogP contribution in [0.15, 0.2) is 47.6 Å². The Morgan fingerprint density at radius 2 is 1.85 bits per heavy atom. The van der Waals surface area contributed by atoms with Gasteiger partial charge in [0.1, 0.15) is 11.6 Å². The molecule has 0 spiro atoms. The Kier molecular flexibility index (Phi) is 11.7. The van der Waals surface area contributed by atoms with Crippen molar-refractivity contribution in [2.45, 2.75) is 32.7 Å². The summed E-state index contributed by atoms with van der Waals surface area (Å²) in [6.45, 7) is 10.9. The highest BCUT2D eigenvalue weighted by molar-refractivity contribution is 14.0. The van der Waals surface area contributed by atoms with Crippen molar-refractivity contribution in [3.05, 3.63) is 53.7 Å². The van der Waals surface area contributed by atoms with Crippen LogP contribution in [0.25, 0.3) is 0 Å². The van der Waals surface area contributed by atoms with Crippen LogP contribution < -0.4 is 20.3 Å². The maximum atomic E-state index is 5.25. The largest absolute Gasteiger partial charge is 0.497 e. The number of pyridine rings is 1. The van der Waals surface area contributed by atoms with Crippen molar-refractivity contribution in [1.29, 1.82) is 0 Å². The summed E-state index contributed by atoms with van der Waals surface area (Å²) < 4.78 is 5.25. The van der Waals surface area contributed by atoms with Gasteiger partial charge in [-0.15, -0.1) is 24.0 Å². The fourth-order valence-corrected chi connectivity index (χ4v) is 3.79. The van der Waals surface area contributed by atoms with E-state index in [4.69, 9.17) is 9.73 Å². The van der Waals surface area contributed by atoms with Crippen LogP contribution in [-0.2, 0) is 6.54 Å². The average molecular weight is 567 g/mol. The molecule has 1 fully saturated rings. The van der Waals surface area contributed by atoms with Crippen LogP contribution in [0.1, 0.15) is 37.3 Å². The second-order valence-corrected chi connectivity index (χ2v) is 8.40. The molecule has 0 aliphatic carbocycles. The van der Waals surface area contributed by atoms with Crippen molar-refractivity contribution < 1.29 is 4.74 Å². The van der Waals surface area contributed by atoms with Gasteiger partial charge in [0, 0.05) is 45.5 Å². The van der Waals surface area contributed by atoms with Gasteiger partial charge in [-0.2, -0.15) is 0 Å². The number of nitrogens with zero attached hydrogens (tertiary/aromatic N) is 4. The van der Waals surface area contributed by atoms with Crippen molar-refractivity contribution in [3.8, 4) is 5.75 Å². The standard InChI is InChI=1S/C25H38N6O.HI/c1-5-26-25(28-12-10-20(2)22-6-8-23(32-4)9-7-22)29-19-21-11-13-27-24(18-21)31-16-14-30(3)15-17-31;/h6-9,11,13,18,20H,5,10,12,14-17,19H2,1-4H3,(H2,26,28,29);1H. The molecule has 2 heterocycles. The van der Waals surface area contributed by atoms with Gasteiger partial charge in [0.05, 0.1) is 13.7 Å². The Morgan fingerprint density at radius 3 is 2.52 bits per heavy atom. The Morgan fingerprint density at radius 1 is 1.12 bits per heavy atom. The van der Waals surface area contributed by atoms with Crippen LogP contribution in [0.4, 0.5) is 5.82 Å². The summed E-state index contributed by atoms with van der Waals surface area (Å²) in [7, 11) is 3.87. The predicted molar refractivity (Wildman–Crippen MR) is 148 cm³/mol.